The summed E-state index contributed by atoms with van der Waals surface area (Å²) in [4.78, 5) is 26.5. The standard InChI is InChI=1S/C15H22N2O3/c1-2-3-4-5-6-7-14(18)17-11-13-10-12(15(19)20)8-9-16-13/h8-10H,2-7,11H2,1H3,(H,17,18)(H,19,20). The number of unbranched alkanes of at least 4 members (excludes halogenated alkanes) is 4. The third-order valence-electron chi connectivity index (χ3n) is 3.04. The van der Waals surface area contributed by atoms with Gasteiger partial charge < -0.3 is 10.4 Å². The van der Waals surface area contributed by atoms with E-state index < -0.39 is 5.97 Å². The molecule has 0 radical (unpaired) electrons. The fraction of sp³-hybridized carbons (Fsp3) is 0.533. The summed E-state index contributed by atoms with van der Waals surface area (Å²) in [6, 6.07) is 2.91. The maximum atomic E-state index is 11.6. The van der Waals surface area contributed by atoms with E-state index in [4.69, 9.17) is 5.11 Å². The van der Waals surface area contributed by atoms with Crippen LogP contribution in [0.3, 0.4) is 0 Å². The predicted octanol–water partition coefficient (Wildman–Crippen LogP) is 2.76. The molecule has 5 heteroatoms. The SMILES string of the molecule is CCCCCCCC(=O)NCc1cc(C(=O)O)ccn1. The number of hydrogen-bond acceptors (Lipinski definition) is 3. The number of nitrogens with one attached hydrogen (secondary N) is 1. The molecule has 0 saturated heterocycles. The van der Waals surface area contributed by atoms with Gasteiger partial charge in [0.1, 0.15) is 0 Å². The van der Waals surface area contributed by atoms with Crippen LogP contribution in [0.1, 0.15) is 61.5 Å². The minimum Gasteiger partial charge on any atom is -0.478 e. The number of carboxylic acids is 1. The summed E-state index contributed by atoms with van der Waals surface area (Å²) in [7, 11) is 0. The Labute approximate surface area is 119 Å². The summed E-state index contributed by atoms with van der Waals surface area (Å²) in [6.07, 6.45) is 7.51. The van der Waals surface area contributed by atoms with Crippen molar-refractivity contribution >= 4 is 11.9 Å². The second-order valence-electron chi connectivity index (χ2n) is 4.78. The lowest BCUT2D eigenvalue weighted by Crippen LogP contribution is -2.23. The summed E-state index contributed by atoms with van der Waals surface area (Å²) in [5.74, 6) is -1.00. The van der Waals surface area contributed by atoms with Crippen LogP contribution in [-0.2, 0) is 11.3 Å². The summed E-state index contributed by atoms with van der Waals surface area (Å²) in [6.45, 7) is 2.43. The van der Waals surface area contributed by atoms with Crippen molar-refractivity contribution in [2.45, 2.75) is 52.0 Å². The monoisotopic (exact) mass is 278 g/mol. The summed E-state index contributed by atoms with van der Waals surface area (Å²) >= 11 is 0. The van der Waals surface area contributed by atoms with Gasteiger partial charge in [0.15, 0.2) is 0 Å². The number of carboxylic acid groups (broad SMARTS) is 1. The maximum Gasteiger partial charge on any atom is 0.335 e. The fourth-order valence-corrected chi connectivity index (χ4v) is 1.87. The van der Waals surface area contributed by atoms with E-state index in [1.165, 1.54) is 37.6 Å². The summed E-state index contributed by atoms with van der Waals surface area (Å²) in [5.41, 5.74) is 0.744. The zero-order chi connectivity index (χ0) is 14.8. The van der Waals surface area contributed by atoms with Crippen molar-refractivity contribution in [2.75, 3.05) is 0 Å². The first kappa shape index (κ1) is 16.1. The predicted molar refractivity (Wildman–Crippen MR) is 76.4 cm³/mol. The largest absolute Gasteiger partial charge is 0.478 e. The molecule has 110 valence electrons. The lowest BCUT2D eigenvalue weighted by atomic mass is 10.1. The number of aromatic carboxylic acids is 1. The van der Waals surface area contributed by atoms with E-state index in [1.807, 2.05) is 0 Å². The quantitative estimate of drug-likeness (QED) is 0.681. The van der Waals surface area contributed by atoms with Crippen LogP contribution in [0.4, 0.5) is 0 Å². The number of rotatable bonds is 9. The van der Waals surface area contributed by atoms with E-state index in [-0.39, 0.29) is 18.0 Å². The van der Waals surface area contributed by atoms with Crippen LogP contribution in [0.5, 0.6) is 0 Å². The van der Waals surface area contributed by atoms with Gasteiger partial charge >= 0.3 is 5.97 Å². The average molecular weight is 278 g/mol. The highest BCUT2D eigenvalue weighted by atomic mass is 16.4. The van der Waals surface area contributed by atoms with Crippen LogP contribution in [-0.4, -0.2) is 22.0 Å². The van der Waals surface area contributed by atoms with E-state index >= 15 is 0 Å². The highest BCUT2D eigenvalue weighted by Crippen LogP contribution is 2.05. The molecule has 1 rings (SSSR count). The molecule has 1 heterocycles. The first-order chi connectivity index (χ1) is 9.63. The highest BCUT2D eigenvalue weighted by molar-refractivity contribution is 5.87. The zero-order valence-electron chi connectivity index (χ0n) is 11.9. The molecule has 0 bridgehead atoms. The van der Waals surface area contributed by atoms with Gasteiger partial charge in [-0.3, -0.25) is 9.78 Å². The second-order valence-corrected chi connectivity index (χ2v) is 4.78. The molecule has 0 aliphatic heterocycles. The molecule has 0 spiro atoms. The van der Waals surface area contributed by atoms with E-state index in [1.54, 1.807) is 0 Å². The van der Waals surface area contributed by atoms with Crippen molar-refractivity contribution in [1.82, 2.24) is 10.3 Å². The molecule has 0 fully saturated rings. The van der Waals surface area contributed by atoms with Crippen molar-refractivity contribution in [3.63, 3.8) is 0 Å². The van der Waals surface area contributed by atoms with Crippen molar-refractivity contribution < 1.29 is 14.7 Å². The van der Waals surface area contributed by atoms with Gasteiger partial charge in [0.2, 0.25) is 5.91 Å². The van der Waals surface area contributed by atoms with E-state index in [0.29, 0.717) is 12.1 Å². The molecule has 0 unspecified atom stereocenters. The first-order valence-corrected chi connectivity index (χ1v) is 7.08. The zero-order valence-corrected chi connectivity index (χ0v) is 11.9. The van der Waals surface area contributed by atoms with Gasteiger partial charge in [0, 0.05) is 12.6 Å². The number of amides is 1. The van der Waals surface area contributed by atoms with Crippen LogP contribution in [0.25, 0.3) is 0 Å². The Kier molecular flexibility index (Phi) is 7.32. The molecule has 1 aromatic rings. The van der Waals surface area contributed by atoms with E-state index in [2.05, 4.69) is 17.2 Å². The molecular weight excluding hydrogens is 256 g/mol. The van der Waals surface area contributed by atoms with Crippen LogP contribution in [0, 0.1) is 0 Å². The Bertz CT molecular complexity index is 446. The third-order valence-corrected chi connectivity index (χ3v) is 3.04. The number of pyridine rings is 1. The Morgan fingerprint density at radius 1 is 1.25 bits per heavy atom. The number of aromatic nitrogens is 1. The maximum absolute atomic E-state index is 11.6. The molecule has 0 aliphatic rings. The lowest BCUT2D eigenvalue weighted by molar-refractivity contribution is -0.121. The minimum absolute atomic E-state index is 0.0102. The van der Waals surface area contributed by atoms with Crippen molar-refractivity contribution in [3.05, 3.63) is 29.6 Å². The normalized spacial score (nSPS) is 10.2. The molecule has 5 nitrogen and oxygen atoms in total. The van der Waals surface area contributed by atoms with E-state index in [0.717, 1.165) is 12.8 Å². The topological polar surface area (TPSA) is 79.3 Å². The van der Waals surface area contributed by atoms with Crippen molar-refractivity contribution in [1.29, 1.82) is 0 Å². The van der Waals surface area contributed by atoms with E-state index in [9.17, 15) is 9.59 Å². The molecular formula is C15H22N2O3. The Morgan fingerprint density at radius 2 is 2.00 bits per heavy atom. The van der Waals surface area contributed by atoms with Crippen LogP contribution >= 0.6 is 0 Å². The Balaban J connectivity index is 2.27. The molecule has 0 saturated carbocycles. The highest BCUT2D eigenvalue weighted by Gasteiger charge is 2.06. The summed E-state index contributed by atoms with van der Waals surface area (Å²) in [5, 5.41) is 11.6. The van der Waals surface area contributed by atoms with Gasteiger partial charge in [-0.25, -0.2) is 4.79 Å². The smallest absolute Gasteiger partial charge is 0.335 e. The van der Waals surface area contributed by atoms with Gasteiger partial charge in [0.05, 0.1) is 17.8 Å². The molecule has 0 aliphatic carbocycles. The van der Waals surface area contributed by atoms with Crippen molar-refractivity contribution in [3.8, 4) is 0 Å². The molecule has 0 aromatic carbocycles. The lowest BCUT2D eigenvalue weighted by Gasteiger charge is -2.05. The third kappa shape index (κ3) is 6.31. The average Bonchev–Trinajstić information content (AvgIpc) is 2.45. The van der Waals surface area contributed by atoms with Crippen LogP contribution < -0.4 is 5.32 Å². The number of nitrogens with zero attached hydrogens (tertiary/aromatic N) is 1. The number of carbonyl (C=O) groups excluding carboxylic acids is 1. The van der Waals surface area contributed by atoms with Gasteiger partial charge in [0.25, 0.3) is 0 Å². The molecule has 1 aromatic heterocycles. The molecule has 1 amide bonds. The van der Waals surface area contributed by atoms with Crippen molar-refractivity contribution in [2.24, 2.45) is 0 Å². The number of carbonyl (C=O) groups is 2. The Morgan fingerprint density at radius 3 is 2.70 bits per heavy atom. The fourth-order valence-electron chi connectivity index (χ4n) is 1.87. The molecule has 0 atom stereocenters. The minimum atomic E-state index is -0.990. The second kappa shape index (κ2) is 9.07. The number of hydrogen-bond donors (Lipinski definition) is 2. The summed E-state index contributed by atoms with van der Waals surface area (Å²) < 4.78 is 0. The first-order valence-electron chi connectivity index (χ1n) is 7.08. The molecule has 2 N–H and O–H groups in total. The Hall–Kier alpha value is -1.91. The molecule has 20 heavy (non-hydrogen) atoms. The van der Waals surface area contributed by atoms with Gasteiger partial charge in [-0.1, -0.05) is 32.6 Å². The van der Waals surface area contributed by atoms with Gasteiger partial charge in [-0.05, 0) is 18.6 Å². The van der Waals surface area contributed by atoms with Crippen LogP contribution in [0.2, 0.25) is 0 Å². The van der Waals surface area contributed by atoms with Crippen LogP contribution in [0.15, 0.2) is 18.3 Å². The van der Waals surface area contributed by atoms with Gasteiger partial charge in [-0.2, -0.15) is 0 Å². The van der Waals surface area contributed by atoms with Gasteiger partial charge in [-0.15, -0.1) is 0 Å².